The third-order valence-corrected chi connectivity index (χ3v) is 20.0. The molecule has 4 nitrogen and oxygen atoms in total. The van der Waals surface area contributed by atoms with Gasteiger partial charge in [-0.25, -0.2) is 0 Å². The third kappa shape index (κ3) is 14.7. The second-order valence-electron chi connectivity index (χ2n) is 26.0. The first-order valence-electron chi connectivity index (χ1n) is 35.4. The van der Waals surface area contributed by atoms with Crippen molar-refractivity contribution in [3.8, 4) is 78.1 Å². The summed E-state index contributed by atoms with van der Waals surface area (Å²) in [6.07, 6.45) is 3.76. The number of para-hydroxylation sites is 2. The minimum absolute atomic E-state index is 0. The Kier molecular flexibility index (Phi) is 20.3. The molecular weight excluding hydrogens is 1350 g/mol. The first-order chi connectivity index (χ1) is 51.9. The van der Waals surface area contributed by atoms with Gasteiger partial charge in [0.05, 0.1) is 22.1 Å². The summed E-state index contributed by atoms with van der Waals surface area (Å²) < 4.78 is 5.81. The molecular formula is C101H77BrN4. The van der Waals surface area contributed by atoms with Crippen LogP contribution in [0.3, 0.4) is 0 Å². The van der Waals surface area contributed by atoms with E-state index in [9.17, 15) is 0 Å². The van der Waals surface area contributed by atoms with E-state index in [-0.39, 0.29) is 7.43 Å². The van der Waals surface area contributed by atoms with Crippen molar-refractivity contribution in [2.75, 3.05) is 10.2 Å². The molecule has 1 N–H and O–H groups in total. The van der Waals surface area contributed by atoms with Crippen LogP contribution in [0.4, 0.5) is 28.4 Å². The van der Waals surface area contributed by atoms with Crippen molar-refractivity contribution in [1.29, 1.82) is 0 Å². The first-order valence-corrected chi connectivity index (χ1v) is 36.2. The smallest absolute Gasteiger partial charge is 0.0542 e. The van der Waals surface area contributed by atoms with Crippen molar-refractivity contribution >= 4 is 100 Å². The van der Waals surface area contributed by atoms with Crippen LogP contribution in [0, 0.1) is 0 Å². The van der Waals surface area contributed by atoms with Crippen LogP contribution in [-0.4, -0.2) is 9.13 Å². The highest BCUT2D eigenvalue weighted by atomic mass is 79.9. The molecule has 18 rings (SSSR count). The van der Waals surface area contributed by atoms with Crippen LogP contribution in [0.5, 0.6) is 0 Å². The third-order valence-electron chi connectivity index (χ3n) is 19.5. The Morgan fingerprint density at radius 2 is 0.500 bits per heavy atom. The van der Waals surface area contributed by atoms with Crippen molar-refractivity contribution in [2.45, 2.75) is 7.43 Å². The molecule has 0 bridgehead atoms. The first kappa shape index (κ1) is 68.4. The molecule has 0 saturated heterocycles. The summed E-state index contributed by atoms with van der Waals surface area (Å²) in [6.45, 7) is 7.78. The van der Waals surface area contributed by atoms with E-state index in [0.717, 1.165) is 49.7 Å². The van der Waals surface area contributed by atoms with Gasteiger partial charge in [-0.15, -0.1) is 0 Å². The lowest BCUT2D eigenvalue weighted by Gasteiger charge is -2.26. The summed E-state index contributed by atoms with van der Waals surface area (Å²) in [4.78, 5) is 2.37. The van der Waals surface area contributed by atoms with Crippen LogP contribution >= 0.6 is 15.9 Å². The van der Waals surface area contributed by atoms with Crippen LogP contribution in [0.25, 0.3) is 134 Å². The lowest BCUT2D eigenvalue weighted by atomic mass is 10.0. The van der Waals surface area contributed by atoms with Gasteiger partial charge in [0.2, 0.25) is 0 Å². The highest BCUT2D eigenvalue weighted by molar-refractivity contribution is 9.10. The summed E-state index contributed by atoms with van der Waals surface area (Å²) >= 11 is 3.64. The van der Waals surface area contributed by atoms with Crippen LogP contribution in [0.1, 0.15) is 18.6 Å². The van der Waals surface area contributed by atoms with Crippen molar-refractivity contribution in [3.05, 3.63) is 429 Å². The van der Waals surface area contributed by atoms with Gasteiger partial charge >= 0.3 is 0 Å². The van der Waals surface area contributed by atoms with Crippen LogP contribution in [0.15, 0.2) is 418 Å². The molecule has 0 aliphatic rings. The van der Waals surface area contributed by atoms with Crippen LogP contribution < -0.4 is 10.2 Å². The average Bonchev–Trinajstić information content (AvgIpc) is 1.65. The fourth-order valence-corrected chi connectivity index (χ4v) is 14.4. The monoisotopic (exact) mass is 1420 g/mol. The minimum Gasteiger partial charge on any atom is -0.356 e. The Morgan fingerprint density at radius 1 is 0.245 bits per heavy atom. The molecule has 16 aromatic carbocycles. The number of nitrogens with one attached hydrogen (secondary N) is 1. The molecule has 18 aromatic rings. The minimum atomic E-state index is 0. The molecule has 0 fully saturated rings. The number of anilines is 5. The summed E-state index contributed by atoms with van der Waals surface area (Å²) in [5.41, 5.74) is 29.3. The summed E-state index contributed by atoms with van der Waals surface area (Å²) in [6, 6.07) is 142. The van der Waals surface area contributed by atoms with E-state index in [1.807, 2.05) is 24.3 Å². The predicted molar refractivity (Wildman–Crippen MR) is 460 cm³/mol. The molecule has 0 unspecified atom stereocenters. The zero-order valence-corrected chi connectivity index (χ0v) is 59.5. The second-order valence-corrected chi connectivity index (χ2v) is 26.9. The Balaban J connectivity index is 0.000000140. The maximum Gasteiger partial charge on any atom is 0.0542 e. The van der Waals surface area contributed by atoms with Crippen LogP contribution in [0.2, 0.25) is 0 Å². The maximum atomic E-state index is 3.94. The Bertz CT molecular complexity index is 5840. The molecule has 0 amide bonds. The SMILES string of the molecule is C.C=Cc1ccc(-c2ccc3c(c2)c2cc(Br)ccc2n3-c2ccccc2)cc1.C=Cc1ccc(-c2ccc3c(c2)c2cc(N(c4ccc(-c5ccccc5)cc4)c4ccc(-c5ccccc5)cc4)ccc2n3-c2ccccc2)cc1.c1ccc(-c2ccc(Nc3ccc(-c4ccccc4)cc3)cc2)cc1. The standard InChI is InChI=1S/C50H36N2.C26H18BrN.C24H19N.CH4/c1-2-36-18-20-41(21-19-36)42-26-32-49-47(34-42)48-35-46(31-33-50(48)52(49)43-16-10-5-11-17-43)51(44-27-22-39(23-28-44)37-12-6-3-7-13-37)45-29-24-40(25-30-45)38-14-8-4-9-15-38;1-2-18-8-10-19(11-9-18)20-12-14-25-23(16-20)24-17-21(27)13-15-26(24)28(25)22-6-4-3-5-7-22;1-3-7-19(8-4-1)21-11-15-23(16-12-21)25-24-17-13-22(14-18-24)20-9-5-2-6-10-20;/h2-35H,1H2;2-17H,1H2;1-18,25H;1H4. The van der Waals surface area contributed by atoms with Crippen molar-refractivity contribution in [3.63, 3.8) is 0 Å². The molecule has 2 heterocycles. The van der Waals surface area contributed by atoms with Gasteiger partial charge in [0, 0.05) is 65.8 Å². The van der Waals surface area contributed by atoms with Gasteiger partial charge in [-0.05, 0) is 211 Å². The lowest BCUT2D eigenvalue weighted by molar-refractivity contribution is 1.18. The molecule has 508 valence electrons. The fraction of sp³-hybridized carbons (Fsp3) is 0.00990. The predicted octanol–water partition coefficient (Wildman–Crippen LogP) is 29.2. The molecule has 0 aliphatic heterocycles. The number of fused-ring (bicyclic) bond motifs is 6. The number of halogens is 1. The molecule has 0 aliphatic carbocycles. The normalized spacial score (nSPS) is 10.9. The summed E-state index contributed by atoms with van der Waals surface area (Å²) in [5, 5.41) is 8.38. The van der Waals surface area contributed by atoms with E-state index in [1.165, 1.54) is 116 Å². The summed E-state index contributed by atoms with van der Waals surface area (Å²) in [7, 11) is 0. The molecule has 5 heteroatoms. The number of hydrogen-bond donors (Lipinski definition) is 1. The van der Waals surface area contributed by atoms with Gasteiger partial charge in [-0.2, -0.15) is 0 Å². The van der Waals surface area contributed by atoms with E-state index >= 15 is 0 Å². The molecule has 0 spiro atoms. The lowest BCUT2D eigenvalue weighted by Crippen LogP contribution is -2.10. The van der Waals surface area contributed by atoms with Crippen molar-refractivity contribution in [2.24, 2.45) is 0 Å². The van der Waals surface area contributed by atoms with Crippen molar-refractivity contribution in [1.82, 2.24) is 9.13 Å². The Labute approximate surface area is 629 Å². The van der Waals surface area contributed by atoms with Gasteiger partial charge in [-0.3, -0.25) is 0 Å². The van der Waals surface area contributed by atoms with E-state index in [2.05, 4.69) is 437 Å². The van der Waals surface area contributed by atoms with Gasteiger partial charge in [0.15, 0.2) is 0 Å². The second kappa shape index (κ2) is 31.5. The van der Waals surface area contributed by atoms with Crippen molar-refractivity contribution < 1.29 is 0 Å². The Morgan fingerprint density at radius 3 is 0.849 bits per heavy atom. The Hall–Kier alpha value is -13.3. The van der Waals surface area contributed by atoms with E-state index in [1.54, 1.807) is 0 Å². The number of hydrogen-bond acceptors (Lipinski definition) is 2. The van der Waals surface area contributed by atoms with E-state index in [0.29, 0.717) is 0 Å². The van der Waals surface area contributed by atoms with Gasteiger partial charge in [-0.1, -0.05) is 316 Å². The zero-order valence-electron chi connectivity index (χ0n) is 57.9. The van der Waals surface area contributed by atoms with Crippen LogP contribution in [-0.2, 0) is 0 Å². The number of rotatable bonds is 15. The molecule has 0 saturated carbocycles. The number of benzene rings is 16. The quantitative estimate of drug-likeness (QED) is 0.111. The van der Waals surface area contributed by atoms with Gasteiger partial charge < -0.3 is 19.4 Å². The number of nitrogens with zero attached hydrogens (tertiary/aromatic N) is 3. The maximum absolute atomic E-state index is 3.94. The fourth-order valence-electron chi connectivity index (χ4n) is 14.1. The van der Waals surface area contributed by atoms with E-state index in [4.69, 9.17) is 0 Å². The molecule has 0 atom stereocenters. The van der Waals surface area contributed by atoms with Gasteiger partial charge in [0.1, 0.15) is 0 Å². The average molecular weight is 1430 g/mol. The van der Waals surface area contributed by atoms with E-state index < -0.39 is 0 Å². The van der Waals surface area contributed by atoms with Gasteiger partial charge in [0.25, 0.3) is 0 Å². The summed E-state index contributed by atoms with van der Waals surface area (Å²) in [5.74, 6) is 0. The highest BCUT2D eigenvalue weighted by Gasteiger charge is 2.20. The molecule has 0 radical (unpaired) electrons. The zero-order chi connectivity index (χ0) is 70.8. The highest BCUT2D eigenvalue weighted by Crippen LogP contribution is 2.43. The topological polar surface area (TPSA) is 25.1 Å². The molecule has 2 aromatic heterocycles. The number of aromatic nitrogens is 2. The largest absolute Gasteiger partial charge is 0.356 e. The molecule has 106 heavy (non-hydrogen) atoms.